The number of likely N-dealkylation sites (tertiary alicyclic amines) is 1. The van der Waals surface area contributed by atoms with Gasteiger partial charge in [0.15, 0.2) is 5.82 Å². The van der Waals surface area contributed by atoms with Crippen LogP contribution in [-0.4, -0.2) is 80.7 Å². The summed E-state index contributed by atoms with van der Waals surface area (Å²) in [5, 5.41) is 4.17. The number of amides is 2. The first kappa shape index (κ1) is 38.5. The molecule has 3 aromatic rings. The van der Waals surface area contributed by atoms with Gasteiger partial charge in [0.1, 0.15) is 16.6 Å². The summed E-state index contributed by atoms with van der Waals surface area (Å²) in [5.41, 5.74) is -2.26. The van der Waals surface area contributed by atoms with Crippen LogP contribution in [0.3, 0.4) is 0 Å². The number of aromatic nitrogens is 4. The van der Waals surface area contributed by atoms with E-state index in [1.807, 2.05) is 44.9 Å². The minimum atomic E-state index is -4.23. The van der Waals surface area contributed by atoms with E-state index >= 15 is 0 Å². The van der Waals surface area contributed by atoms with Gasteiger partial charge in [-0.3, -0.25) is 9.52 Å². The minimum absolute atomic E-state index is 0.0433. The van der Waals surface area contributed by atoms with Crippen molar-refractivity contribution in [2.45, 2.75) is 95.4 Å². The Bertz CT molecular complexity index is 1690. The third-order valence-electron chi connectivity index (χ3n) is 9.22. The molecule has 1 unspecified atom stereocenters. The highest BCUT2D eigenvalue weighted by Gasteiger charge is 2.62. The fraction of sp³-hybridized carbons (Fsp3) is 0.571. The van der Waals surface area contributed by atoms with E-state index in [9.17, 15) is 22.8 Å². The lowest BCUT2D eigenvalue weighted by Gasteiger charge is -2.33. The lowest BCUT2D eigenvalue weighted by molar-refractivity contribution is -0.190. The molecule has 1 saturated carbocycles. The summed E-state index contributed by atoms with van der Waals surface area (Å²) in [6, 6.07) is 8.36. The summed E-state index contributed by atoms with van der Waals surface area (Å²) in [5.74, 6) is 1.23. The Hall–Kier alpha value is -3.72. The van der Waals surface area contributed by atoms with Crippen molar-refractivity contribution in [3.05, 3.63) is 53.4 Å². The molecule has 0 aromatic carbocycles. The van der Waals surface area contributed by atoms with Crippen molar-refractivity contribution in [3.63, 3.8) is 0 Å². The van der Waals surface area contributed by atoms with Crippen molar-refractivity contribution >= 4 is 41.4 Å². The average molecular weight is 752 g/mol. The SMILES string of the molecule is CN(CCCC1CN(C(=O)OC(C)(C)C)C(C)(C)C1)c1ccc(SNC(=O)c2ccc(-n3ccc(OCCC4(C(F)(F)F)CC4)n3)nc2Cl)cn1. The number of nitrogens with zero attached hydrogens (tertiary/aromatic N) is 6. The van der Waals surface area contributed by atoms with Gasteiger partial charge in [-0.2, -0.15) is 13.2 Å². The molecule has 1 aliphatic carbocycles. The highest BCUT2D eigenvalue weighted by atomic mass is 35.5. The second-order valence-corrected chi connectivity index (χ2v) is 16.1. The van der Waals surface area contributed by atoms with E-state index in [0.29, 0.717) is 18.3 Å². The number of alkyl halides is 3. The lowest BCUT2D eigenvalue weighted by Crippen LogP contribution is -2.45. The molecule has 2 amide bonds. The van der Waals surface area contributed by atoms with Crippen molar-refractivity contribution in [3.8, 4) is 11.7 Å². The molecule has 3 aromatic heterocycles. The van der Waals surface area contributed by atoms with Gasteiger partial charge < -0.3 is 19.3 Å². The van der Waals surface area contributed by atoms with E-state index in [1.54, 1.807) is 18.5 Å². The van der Waals surface area contributed by atoms with Crippen LogP contribution < -0.4 is 14.4 Å². The number of nitrogens with one attached hydrogen (secondary N) is 1. The fourth-order valence-electron chi connectivity index (χ4n) is 6.18. The summed E-state index contributed by atoms with van der Waals surface area (Å²) < 4.78 is 54.6. The van der Waals surface area contributed by atoms with Gasteiger partial charge >= 0.3 is 12.3 Å². The first-order chi connectivity index (χ1) is 23.9. The van der Waals surface area contributed by atoms with E-state index in [4.69, 9.17) is 21.1 Å². The molecule has 278 valence electrons. The van der Waals surface area contributed by atoms with Gasteiger partial charge in [-0.25, -0.2) is 19.4 Å². The molecular formula is C35H45ClF3N7O4S. The summed E-state index contributed by atoms with van der Waals surface area (Å²) in [6.45, 7) is 11.2. The predicted molar refractivity (Wildman–Crippen MR) is 189 cm³/mol. The number of carbonyl (C=O) groups excluding carboxylic acids is 2. The normalized spacial score (nSPS) is 18.0. The Balaban J connectivity index is 1.05. The van der Waals surface area contributed by atoms with Crippen molar-refractivity contribution in [1.29, 1.82) is 0 Å². The van der Waals surface area contributed by atoms with Crippen LogP contribution >= 0.6 is 23.5 Å². The first-order valence-corrected chi connectivity index (χ1v) is 18.1. The largest absolute Gasteiger partial charge is 0.477 e. The van der Waals surface area contributed by atoms with Gasteiger partial charge in [0.25, 0.3) is 5.91 Å². The van der Waals surface area contributed by atoms with Gasteiger partial charge in [-0.05, 0) is 115 Å². The Kier molecular flexibility index (Phi) is 11.4. The maximum atomic E-state index is 13.1. The third kappa shape index (κ3) is 9.79. The molecule has 51 heavy (non-hydrogen) atoms. The quantitative estimate of drug-likeness (QED) is 0.137. The van der Waals surface area contributed by atoms with E-state index in [0.717, 1.165) is 48.5 Å². The fourth-order valence-corrected chi connectivity index (χ4v) is 6.98. The number of hydrogen-bond acceptors (Lipinski definition) is 9. The van der Waals surface area contributed by atoms with E-state index < -0.39 is 23.1 Å². The van der Waals surface area contributed by atoms with E-state index in [1.165, 1.54) is 16.8 Å². The molecule has 1 atom stereocenters. The highest BCUT2D eigenvalue weighted by molar-refractivity contribution is 7.98. The molecule has 0 bridgehead atoms. The topological polar surface area (TPSA) is 115 Å². The van der Waals surface area contributed by atoms with Crippen LogP contribution in [0.25, 0.3) is 5.82 Å². The zero-order valence-electron chi connectivity index (χ0n) is 29.7. The second kappa shape index (κ2) is 15.1. The summed E-state index contributed by atoms with van der Waals surface area (Å²) in [6.07, 6.45) is 1.73. The van der Waals surface area contributed by atoms with Crippen LogP contribution in [0.4, 0.5) is 23.8 Å². The second-order valence-electron chi connectivity index (χ2n) is 14.9. The summed E-state index contributed by atoms with van der Waals surface area (Å²) >= 11 is 7.44. The maximum absolute atomic E-state index is 13.1. The molecule has 1 aliphatic heterocycles. The van der Waals surface area contributed by atoms with Crippen molar-refractivity contribution in [1.82, 2.24) is 29.4 Å². The number of pyridine rings is 2. The van der Waals surface area contributed by atoms with Gasteiger partial charge in [0, 0.05) is 49.0 Å². The number of ether oxygens (including phenoxy) is 2. The number of halogens is 4. The maximum Gasteiger partial charge on any atom is 0.410 e. The van der Waals surface area contributed by atoms with Crippen molar-refractivity contribution in [2.24, 2.45) is 11.3 Å². The summed E-state index contributed by atoms with van der Waals surface area (Å²) in [7, 11) is 1.99. The van der Waals surface area contributed by atoms with Crippen LogP contribution in [0.1, 0.15) is 83.5 Å². The molecule has 2 fully saturated rings. The van der Waals surface area contributed by atoms with E-state index in [-0.39, 0.29) is 54.1 Å². The number of anilines is 1. The smallest absolute Gasteiger partial charge is 0.410 e. The molecule has 16 heteroatoms. The third-order valence-corrected chi connectivity index (χ3v) is 10.3. The van der Waals surface area contributed by atoms with Crippen LogP contribution in [0, 0.1) is 11.3 Å². The van der Waals surface area contributed by atoms with Crippen LogP contribution in [-0.2, 0) is 4.74 Å². The van der Waals surface area contributed by atoms with Gasteiger partial charge in [0.05, 0.1) is 17.6 Å². The zero-order chi connectivity index (χ0) is 37.2. The Morgan fingerprint density at radius 2 is 1.88 bits per heavy atom. The van der Waals surface area contributed by atoms with Crippen LogP contribution in [0.2, 0.25) is 5.15 Å². The highest BCUT2D eigenvalue weighted by Crippen LogP contribution is 2.59. The number of hydrogen-bond donors (Lipinski definition) is 1. The standard InChI is InChI=1S/C35H45ClF3N7O4S/c1-32(2,3)50-31(48)45-22-23(20-33(45,4)5)8-7-17-44(6)26-11-9-24(21-40-26)51-43-30(47)25-10-12-27(41-29(25)36)46-18-13-28(42-46)49-19-16-34(14-15-34)35(37,38)39/h9-13,18,21,23H,7-8,14-17,19-20,22H2,1-6H3,(H,43,47). The van der Waals surface area contributed by atoms with Crippen LogP contribution in [0.15, 0.2) is 47.6 Å². The molecule has 0 spiro atoms. The number of rotatable bonds is 13. The molecule has 0 radical (unpaired) electrons. The first-order valence-electron chi connectivity index (χ1n) is 16.9. The minimum Gasteiger partial charge on any atom is -0.477 e. The van der Waals surface area contributed by atoms with E-state index in [2.05, 4.69) is 38.5 Å². The molecule has 1 N–H and O–H groups in total. The molecule has 5 rings (SSSR count). The molecule has 11 nitrogen and oxygen atoms in total. The lowest BCUT2D eigenvalue weighted by atomic mass is 9.93. The monoisotopic (exact) mass is 751 g/mol. The molecule has 2 aliphatic rings. The predicted octanol–water partition coefficient (Wildman–Crippen LogP) is 8.12. The Labute approximate surface area is 305 Å². The Morgan fingerprint density at radius 1 is 1.14 bits per heavy atom. The van der Waals surface area contributed by atoms with Crippen LogP contribution in [0.5, 0.6) is 5.88 Å². The molecular weight excluding hydrogens is 707 g/mol. The van der Waals surface area contributed by atoms with Crippen molar-refractivity contribution in [2.75, 3.05) is 31.6 Å². The average Bonchev–Trinajstić information content (AvgIpc) is 3.59. The summed E-state index contributed by atoms with van der Waals surface area (Å²) in [4.78, 5) is 39.1. The van der Waals surface area contributed by atoms with Gasteiger partial charge in [0.2, 0.25) is 5.88 Å². The van der Waals surface area contributed by atoms with Gasteiger partial charge in [-0.15, -0.1) is 5.10 Å². The van der Waals surface area contributed by atoms with Crippen molar-refractivity contribution < 1.29 is 32.2 Å². The molecule has 1 saturated heterocycles. The Morgan fingerprint density at radius 3 is 2.51 bits per heavy atom. The zero-order valence-corrected chi connectivity index (χ0v) is 31.3. The number of carbonyl (C=O) groups is 2. The molecule has 4 heterocycles. The van der Waals surface area contributed by atoms with Gasteiger partial charge in [-0.1, -0.05) is 11.6 Å².